The molecule has 0 aromatic heterocycles. The molecule has 0 saturated carbocycles. The van der Waals surface area contributed by atoms with Crippen LogP contribution in [0.1, 0.15) is 13.8 Å². The van der Waals surface area contributed by atoms with Gasteiger partial charge in [0.2, 0.25) is 10.0 Å². The summed E-state index contributed by atoms with van der Waals surface area (Å²) in [5.74, 6) is 0.304. The van der Waals surface area contributed by atoms with Gasteiger partial charge in [0.25, 0.3) is 5.91 Å². The number of fused-ring (bicyclic) bond motifs is 1. The molecule has 3 rings (SSSR count). The third kappa shape index (κ3) is 4.88. The summed E-state index contributed by atoms with van der Waals surface area (Å²) in [7, 11) is -3.56. The average Bonchev–Trinajstić information content (AvgIpc) is 2.66. The Morgan fingerprint density at radius 3 is 2.36 bits per heavy atom. The standard InChI is InChI=1S/C21H22N2O4S/c1-15(2)23-28(25,26)18-12-10-17(11-13-18)22-21(24)14-27-20-9-5-7-16-6-3-4-8-19(16)20/h3-13,15,23H,14H2,1-2H3,(H,22,24). The van der Waals surface area contributed by atoms with E-state index in [0.29, 0.717) is 11.4 Å². The van der Waals surface area contributed by atoms with Gasteiger partial charge in [-0.25, -0.2) is 13.1 Å². The zero-order chi connectivity index (χ0) is 20.1. The van der Waals surface area contributed by atoms with Gasteiger partial charge in [-0.3, -0.25) is 4.79 Å². The number of amides is 1. The Hall–Kier alpha value is -2.90. The van der Waals surface area contributed by atoms with Crippen LogP contribution in [0.5, 0.6) is 5.75 Å². The fraction of sp³-hybridized carbons (Fsp3) is 0.190. The van der Waals surface area contributed by atoms with Crippen LogP contribution in [-0.4, -0.2) is 27.0 Å². The van der Waals surface area contributed by atoms with Gasteiger partial charge in [0.1, 0.15) is 5.75 Å². The monoisotopic (exact) mass is 398 g/mol. The Morgan fingerprint density at radius 1 is 0.964 bits per heavy atom. The molecule has 0 fully saturated rings. The van der Waals surface area contributed by atoms with E-state index in [4.69, 9.17) is 4.74 Å². The van der Waals surface area contributed by atoms with E-state index in [0.717, 1.165) is 10.8 Å². The van der Waals surface area contributed by atoms with Gasteiger partial charge in [0.15, 0.2) is 6.61 Å². The normalized spacial score (nSPS) is 11.5. The van der Waals surface area contributed by atoms with Crippen LogP contribution in [0.3, 0.4) is 0 Å². The fourth-order valence-electron chi connectivity index (χ4n) is 2.76. The number of hydrogen-bond donors (Lipinski definition) is 2. The highest BCUT2D eigenvalue weighted by Crippen LogP contribution is 2.25. The van der Waals surface area contributed by atoms with E-state index < -0.39 is 10.0 Å². The number of hydrogen-bond acceptors (Lipinski definition) is 4. The van der Waals surface area contributed by atoms with Crippen LogP contribution < -0.4 is 14.8 Å². The van der Waals surface area contributed by atoms with Crippen molar-refractivity contribution in [2.24, 2.45) is 0 Å². The third-order valence-corrected chi connectivity index (χ3v) is 5.62. The summed E-state index contributed by atoms with van der Waals surface area (Å²) in [5, 5.41) is 4.67. The van der Waals surface area contributed by atoms with Crippen molar-refractivity contribution in [3.63, 3.8) is 0 Å². The summed E-state index contributed by atoms with van der Waals surface area (Å²) in [5.41, 5.74) is 0.495. The zero-order valence-electron chi connectivity index (χ0n) is 15.7. The highest BCUT2D eigenvalue weighted by Gasteiger charge is 2.15. The van der Waals surface area contributed by atoms with E-state index in [9.17, 15) is 13.2 Å². The Balaban J connectivity index is 1.62. The van der Waals surface area contributed by atoms with Crippen LogP contribution in [0.2, 0.25) is 0 Å². The van der Waals surface area contributed by atoms with Gasteiger partial charge < -0.3 is 10.1 Å². The van der Waals surface area contributed by atoms with Gasteiger partial charge in [-0.1, -0.05) is 36.4 Å². The quantitative estimate of drug-likeness (QED) is 0.637. The maximum Gasteiger partial charge on any atom is 0.262 e. The second kappa shape index (κ2) is 8.41. The molecule has 0 aliphatic heterocycles. The number of nitrogens with one attached hydrogen (secondary N) is 2. The van der Waals surface area contributed by atoms with Crippen molar-refractivity contribution in [3.05, 3.63) is 66.7 Å². The van der Waals surface area contributed by atoms with E-state index in [-0.39, 0.29) is 23.5 Å². The molecule has 1 amide bonds. The molecular formula is C21H22N2O4S. The van der Waals surface area contributed by atoms with Gasteiger partial charge in [-0.15, -0.1) is 0 Å². The van der Waals surface area contributed by atoms with Gasteiger partial charge in [-0.05, 0) is 49.6 Å². The van der Waals surface area contributed by atoms with E-state index in [2.05, 4.69) is 10.0 Å². The molecule has 0 saturated heterocycles. The van der Waals surface area contributed by atoms with Gasteiger partial charge in [-0.2, -0.15) is 0 Å². The molecule has 0 unspecified atom stereocenters. The highest BCUT2D eigenvalue weighted by molar-refractivity contribution is 7.89. The van der Waals surface area contributed by atoms with E-state index in [1.807, 2.05) is 42.5 Å². The highest BCUT2D eigenvalue weighted by atomic mass is 32.2. The van der Waals surface area contributed by atoms with Crippen molar-refractivity contribution < 1.29 is 17.9 Å². The van der Waals surface area contributed by atoms with Gasteiger partial charge >= 0.3 is 0 Å². The van der Waals surface area contributed by atoms with E-state index in [1.54, 1.807) is 26.0 Å². The number of ether oxygens (including phenoxy) is 1. The van der Waals surface area contributed by atoms with Gasteiger partial charge in [0.05, 0.1) is 4.90 Å². The molecule has 0 aliphatic carbocycles. The molecule has 6 nitrogen and oxygen atoms in total. The Kier molecular flexibility index (Phi) is 5.96. The SMILES string of the molecule is CC(C)NS(=O)(=O)c1ccc(NC(=O)COc2cccc3ccccc23)cc1. The molecule has 2 N–H and O–H groups in total. The van der Waals surface area contributed by atoms with Crippen LogP contribution in [0, 0.1) is 0 Å². The summed E-state index contributed by atoms with van der Waals surface area (Å²) in [4.78, 5) is 12.3. The van der Waals surface area contributed by atoms with E-state index in [1.165, 1.54) is 12.1 Å². The molecule has 28 heavy (non-hydrogen) atoms. The van der Waals surface area contributed by atoms with Crippen molar-refractivity contribution in [2.45, 2.75) is 24.8 Å². The molecule has 146 valence electrons. The molecular weight excluding hydrogens is 376 g/mol. The first kappa shape index (κ1) is 19.9. The maximum absolute atomic E-state index is 12.2. The molecule has 0 spiro atoms. The Labute approximate surface area is 164 Å². The van der Waals surface area contributed by atoms with Crippen LogP contribution in [0.25, 0.3) is 10.8 Å². The number of rotatable bonds is 7. The van der Waals surface area contributed by atoms with Crippen molar-refractivity contribution in [1.29, 1.82) is 0 Å². The Morgan fingerprint density at radius 2 is 1.64 bits per heavy atom. The molecule has 0 heterocycles. The zero-order valence-corrected chi connectivity index (χ0v) is 16.5. The molecule has 0 bridgehead atoms. The summed E-state index contributed by atoms with van der Waals surface area (Å²) in [6, 6.07) is 19.2. The third-order valence-electron chi connectivity index (χ3n) is 3.95. The van der Waals surface area contributed by atoms with Gasteiger partial charge in [0, 0.05) is 17.1 Å². The minimum absolute atomic E-state index is 0.145. The summed E-state index contributed by atoms with van der Waals surface area (Å²) in [6.45, 7) is 3.35. The first-order valence-corrected chi connectivity index (χ1v) is 10.4. The lowest BCUT2D eigenvalue weighted by molar-refractivity contribution is -0.118. The van der Waals surface area contributed by atoms with Crippen molar-refractivity contribution in [3.8, 4) is 5.75 Å². The van der Waals surface area contributed by atoms with Crippen molar-refractivity contribution >= 4 is 32.4 Å². The number of carbonyl (C=O) groups is 1. The topological polar surface area (TPSA) is 84.5 Å². The smallest absolute Gasteiger partial charge is 0.262 e. The lowest BCUT2D eigenvalue weighted by Gasteiger charge is -2.11. The molecule has 7 heteroatoms. The molecule has 0 radical (unpaired) electrons. The first-order valence-electron chi connectivity index (χ1n) is 8.88. The average molecular weight is 398 g/mol. The summed E-state index contributed by atoms with van der Waals surface area (Å²) >= 11 is 0. The molecule has 0 aliphatic rings. The predicted molar refractivity (Wildman–Crippen MR) is 110 cm³/mol. The minimum atomic E-state index is -3.56. The largest absolute Gasteiger partial charge is 0.483 e. The first-order chi connectivity index (χ1) is 13.3. The molecule has 0 atom stereocenters. The second-order valence-corrected chi connectivity index (χ2v) is 8.33. The van der Waals surface area contributed by atoms with Crippen LogP contribution in [-0.2, 0) is 14.8 Å². The number of sulfonamides is 1. The molecule has 3 aromatic carbocycles. The van der Waals surface area contributed by atoms with Crippen molar-refractivity contribution in [1.82, 2.24) is 4.72 Å². The second-order valence-electron chi connectivity index (χ2n) is 6.61. The molecule has 3 aromatic rings. The Bertz CT molecular complexity index is 1070. The van der Waals surface area contributed by atoms with Crippen molar-refractivity contribution in [2.75, 3.05) is 11.9 Å². The van der Waals surface area contributed by atoms with Crippen LogP contribution in [0.4, 0.5) is 5.69 Å². The number of benzene rings is 3. The summed E-state index contributed by atoms with van der Waals surface area (Å²) < 4.78 is 32.4. The minimum Gasteiger partial charge on any atom is -0.483 e. The van der Waals surface area contributed by atoms with Crippen LogP contribution >= 0.6 is 0 Å². The summed E-state index contributed by atoms with van der Waals surface area (Å²) in [6.07, 6.45) is 0. The predicted octanol–water partition coefficient (Wildman–Crippen LogP) is 3.54. The van der Waals surface area contributed by atoms with E-state index >= 15 is 0 Å². The number of carbonyl (C=O) groups excluding carboxylic acids is 1. The maximum atomic E-state index is 12.2. The number of anilines is 1. The lowest BCUT2D eigenvalue weighted by Crippen LogP contribution is -2.30. The fourth-order valence-corrected chi connectivity index (χ4v) is 4.01. The lowest BCUT2D eigenvalue weighted by atomic mass is 10.1. The van der Waals surface area contributed by atoms with Crippen LogP contribution in [0.15, 0.2) is 71.6 Å².